The summed E-state index contributed by atoms with van der Waals surface area (Å²) in [6.45, 7) is 3.69. The molecular weight excluding hydrogens is 326 g/mol. The lowest BCUT2D eigenvalue weighted by atomic mass is 10.0. The Hall–Kier alpha value is -2.44. The predicted octanol–water partition coefficient (Wildman–Crippen LogP) is 1.96. The van der Waals surface area contributed by atoms with Gasteiger partial charge < -0.3 is 24.3 Å². The van der Waals surface area contributed by atoms with Gasteiger partial charge in [-0.3, -0.25) is 4.79 Å². The van der Waals surface area contributed by atoms with Crippen molar-refractivity contribution in [2.24, 2.45) is 5.92 Å². The Morgan fingerprint density at radius 2 is 1.64 bits per heavy atom. The number of hydrogen-bond donors (Lipinski definition) is 1. The third-order valence-electron chi connectivity index (χ3n) is 3.85. The van der Waals surface area contributed by atoms with Gasteiger partial charge in [0.05, 0.1) is 28.4 Å². The second-order valence-corrected chi connectivity index (χ2v) is 5.81. The summed E-state index contributed by atoms with van der Waals surface area (Å²) >= 11 is 0. The molecule has 7 heteroatoms. The SMILES string of the molecule is COC(=O)[C@@H](NC(=O)CCc1ccc(OC)c(OC)c1OC)C(C)C. The maximum atomic E-state index is 12.2. The van der Waals surface area contributed by atoms with E-state index in [1.54, 1.807) is 13.2 Å². The van der Waals surface area contributed by atoms with Crippen LogP contribution in [0, 0.1) is 5.92 Å². The van der Waals surface area contributed by atoms with Gasteiger partial charge >= 0.3 is 5.97 Å². The van der Waals surface area contributed by atoms with Gasteiger partial charge in [0.1, 0.15) is 6.04 Å². The van der Waals surface area contributed by atoms with E-state index in [2.05, 4.69) is 5.32 Å². The van der Waals surface area contributed by atoms with Crippen LogP contribution in [-0.4, -0.2) is 46.4 Å². The highest BCUT2D eigenvalue weighted by molar-refractivity contribution is 5.84. The molecule has 0 aliphatic heterocycles. The zero-order valence-electron chi connectivity index (χ0n) is 15.7. The van der Waals surface area contributed by atoms with Crippen molar-refractivity contribution >= 4 is 11.9 Å². The van der Waals surface area contributed by atoms with Crippen molar-refractivity contribution in [2.75, 3.05) is 28.4 Å². The van der Waals surface area contributed by atoms with Gasteiger partial charge in [-0.15, -0.1) is 0 Å². The predicted molar refractivity (Wildman–Crippen MR) is 93.2 cm³/mol. The van der Waals surface area contributed by atoms with Gasteiger partial charge in [-0.1, -0.05) is 19.9 Å². The van der Waals surface area contributed by atoms with Gasteiger partial charge in [0, 0.05) is 6.42 Å². The van der Waals surface area contributed by atoms with Crippen molar-refractivity contribution in [2.45, 2.75) is 32.7 Å². The van der Waals surface area contributed by atoms with E-state index >= 15 is 0 Å². The molecule has 25 heavy (non-hydrogen) atoms. The molecule has 7 nitrogen and oxygen atoms in total. The smallest absolute Gasteiger partial charge is 0.328 e. The molecule has 0 saturated heterocycles. The molecule has 0 spiro atoms. The molecule has 0 aliphatic carbocycles. The van der Waals surface area contributed by atoms with Gasteiger partial charge in [-0.2, -0.15) is 0 Å². The van der Waals surface area contributed by atoms with Crippen molar-refractivity contribution in [1.82, 2.24) is 5.32 Å². The third-order valence-corrected chi connectivity index (χ3v) is 3.85. The molecule has 0 aromatic heterocycles. The van der Waals surface area contributed by atoms with E-state index in [1.807, 2.05) is 19.9 Å². The van der Waals surface area contributed by atoms with E-state index in [-0.39, 0.29) is 18.2 Å². The van der Waals surface area contributed by atoms with Crippen LogP contribution in [0.4, 0.5) is 0 Å². The average Bonchev–Trinajstić information content (AvgIpc) is 2.62. The van der Waals surface area contributed by atoms with Crippen LogP contribution in [0.3, 0.4) is 0 Å². The number of hydrogen-bond acceptors (Lipinski definition) is 6. The molecule has 0 saturated carbocycles. The van der Waals surface area contributed by atoms with Crippen molar-refractivity contribution in [3.63, 3.8) is 0 Å². The summed E-state index contributed by atoms with van der Waals surface area (Å²) in [7, 11) is 5.91. The van der Waals surface area contributed by atoms with Crippen molar-refractivity contribution < 1.29 is 28.5 Å². The molecule has 1 N–H and O–H groups in total. The number of esters is 1. The fourth-order valence-electron chi connectivity index (χ4n) is 2.48. The Morgan fingerprint density at radius 3 is 2.12 bits per heavy atom. The summed E-state index contributed by atoms with van der Waals surface area (Å²) in [6, 6.07) is 2.93. The van der Waals surface area contributed by atoms with Crippen molar-refractivity contribution in [3.05, 3.63) is 17.7 Å². The number of aryl methyl sites for hydroxylation is 1. The van der Waals surface area contributed by atoms with Crippen LogP contribution in [-0.2, 0) is 20.7 Å². The first-order chi connectivity index (χ1) is 11.9. The first-order valence-electron chi connectivity index (χ1n) is 8.04. The largest absolute Gasteiger partial charge is 0.493 e. The number of nitrogens with one attached hydrogen (secondary N) is 1. The summed E-state index contributed by atoms with van der Waals surface area (Å²) in [5.41, 5.74) is 0.814. The fraction of sp³-hybridized carbons (Fsp3) is 0.556. The van der Waals surface area contributed by atoms with E-state index in [4.69, 9.17) is 18.9 Å². The Balaban J connectivity index is 2.83. The maximum Gasteiger partial charge on any atom is 0.328 e. The second kappa shape index (κ2) is 9.76. The molecule has 0 heterocycles. The second-order valence-electron chi connectivity index (χ2n) is 5.81. The van der Waals surface area contributed by atoms with Crippen LogP contribution in [0.15, 0.2) is 12.1 Å². The lowest BCUT2D eigenvalue weighted by molar-refractivity contribution is -0.146. The molecule has 140 valence electrons. The minimum atomic E-state index is -0.662. The van der Waals surface area contributed by atoms with E-state index in [9.17, 15) is 9.59 Å². The van der Waals surface area contributed by atoms with E-state index < -0.39 is 12.0 Å². The Bertz CT molecular complexity index is 599. The third kappa shape index (κ3) is 5.27. The number of methoxy groups -OCH3 is 4. The minimum Gasteiger partial charge on any atom is -0.493 e. The van der Waals surface area contributed by atoms with Crippen LogP contribution in [0.1, 0.15) is 25.8 Å². The number of carbonyl (C=O) groups excluding carboxylic acids is 2. The summed E-state index contributed by atoms with van der Waals surface area (Å²) in [5.74, 6) is 0.818. The van der Waals surface area contributed by atoms with Gasteiger partial charge in [-0.25, -0.2) is 4.79 Å². The lowest BCUT2D eigenvalue weighted by Gasteiger charge is -2.20. The molecule has 0 unspecified atom stereocenters. The topological polar surface area (TPSA) is 83.1 Å². The van der Waals surface area contributed by atoms with E-state index in [1.165, 1.54) is 21.3 Å². The number of amides is 1. The molecule has 0 bridgehead atoms. The van der Waals surface area contributed by atoms with Crippen LogP contribution < -0.4 is 19.5 Å². The minimum absolute atomic E-state index is 0.0629. The molecule has 0 fully saturated rings. The average molecular weight is 353 g/mol. The van der Waals surface area contributed by atoms with Crippen molar-refractivity contribution in [3.8, 4) is 17.2 Å². The molecule has 0 radical (unpaired) electrons. The highest BCUT2D eigenvalue weighted by atomic mass is 16.5. The fourth-order valence-corrected chi connectivity index (χ4v) is 2.48. The number of carbonyl (C=O) groups is 2. The highest BCUT2D eigenvalue weighted by Crippen LogP contribution is 2.40. The van der Waals surface area contributed by atoms with Crippen LogP contribution in [0.5, 0.6) is 17.2 Å². The van der Waals surface area contributed by atoms with Crippen LogP contribution in [0.25, 0.3) is 0 Å². The normalized spacial score (nSPS) is 11.6. The Labute approximate surface area is 148 Å². The van der Waals surface area contributed by atoms with Gasteiger partial charge in [0.25, 0.3) is 0 Å². The summed E-state index contributed by atoms with van der Waals surface area (Å²) in [4.78, 5) is 23.9. The van der Waals surface area contributed by atoms with Gasteiger partial charge in [0.2, 0.25) is 11.7 Å². The van der Waals surface area contributed by atoms with Crippen LogP contribution >= 0.6 is 0 Å². The number of benzene rings is 1. The Morgan fingerprint density at radius 1 is 1.00 bits per heavy atom. The molecule has 0 aliphatic rings. The zero-order chi connectivity index (χ0) is 19.0. The highest BCUT2D eigenvalue weighted by Gasteiger charge is 2.25. The van der Waals surface area contributed by atoms with E-state index in [0.717, 1.165) is 5.56 Å². The summed E-state index contributed by atoms with van der Waals surface area (Å²) in [5, 5.41) is 2.72. The molecule has 1 amide bonds. The molecule has 1 aromatic rings. The molecule has 1 aromatic carbocycles. The van der Waals surface area contributed by atoms with Crippen LogP contribution in [0.2, 0.25) is 0 Å². The van der Waals surface area contributed by atoms with Crippen molar-refractivity contribution in [1.29, 1.82) is 0 Å². The number of ether oxygens (including phenoxy) is 4. The Kier molecular flexibility index (Phi) is 8.04. The molecular formula is C18H27NO6. The standard InChI is InChI=1S/C18H27NO6/c1-11(2)15(18(21)25-6)19-14(20)10-8-12-7-9-13(22-3)17(24-5)16(12)23-4/h7,9,11,15H,8,10H2,1-6H3,(H,19,20)/t15-/m0/s1. The molecule has 1 atom stereocenters. The lowest BCUT2D eigenvalue weighted by Crippen LogP contribution is -2.45. The van der Waals surface area contributed by atoms with Gasteiger partial charge in [-0.05, 0) is 24.0 Å². The first kappa shape index (κ1) is 20.6. The monoisotopic (exact) mass is 353 g/mol. The number of rotatable bonds is 9. The van der Waals surface area contributed by atoms with Gasteiger partial charge in [0.15, 0.2) is 11.5 Å². The van der Waals surface area contributed by atoms with E-state index in [0.29, 0.717) is 23.7 Å². The first-order valence-corrected chi connectivity index (χ1v) is 8.04. The summed E-state index contributed by atoms with van der Waals surface area (Å²) < 4.78 is 20.7. The molecule has 1 rings (SSSR count). The summed E-state index contributed by atoms with van der Waals surface area (Å²) in [6.07, 6.45) is 0.632. The maximum absolute atomic E-state index is 12.2. The zero-order valence-corrected chi connectivity index (χ0v) is 15.7. The quantitative estimate of drug-likeness (QED) is 0.683.